The number of hydrogen-bond acceptors (Lipinski definition) is 5. The number of hydrogen-bond donors (Lipinski definition) is 1. The Balaban J connectivity index is 1.93. The minimum absolute atomic E-state index is 0.0530. The minimum Gasteiger partial charge on any atom is -0.493 e. The van der Waals surface area contributed by atoms with Crippen LogP contribution in [0, 0.1) is 0 Å². The maximum absolute atomic E-state index is 13.4. The molecule has 1 atom stereocenters. The highest BCUT2D eigenvalue weighted by molar-refractivity contribution is 7.91. The molecule has 2 aromatic carbocycles. The molecule has 0 aliphatic carbocycles. The van der Waals surface area contributed by atoms with E-state index in [4.69, 9.17) is 9.47 Å². The summed E-state index contributed by atoms with van der Waals surface area (Å²) in [5.41, 5.74) is 1.69. The molecule has 0 saturated heterocycles. The van der Waals surface area contributed by atoms with Crippen LogP contribution in [0.3, 0.4) is 0 Å². The largest absolute Gasteiger partial charge is 0.493 e. The molecular formula is C25H35NO4S. The maximum atomic E-state index is 13.4. The number of rotatable bonds is 9. The molecule has 0 aromatic heterocycles. The van der Waals surface area contributed by atoms with Crippen LogP contribution in [0.1, 0.15) is 63.1 Å². The first-order valence-corrected chi connectivity index (χ1v) is 12.8. The van der Waals surface area contributed by atoms with Gasteiger partial charge in [0.15, 0.2) is 21.3 Å². The minimum atomic E-state index is -3.47. The smallest absolute Gasteiger partial charge is 0.180 e. The number of aryl methyl sites for hydroxylation is 1. The van der Waals surface area contributed by atoms with E-state index in [0.717, 1.165) is 44.1 Å². The van der Waals surface area contributed by atoms with E-state index in [1.54, 1.807) is 13.2 Å². The van der Waals surface area contributed by atoms with E-state index in [-0.39, 0.29) is 11.8 Å². The Labute approximate surface area is 187 Å². The highest BCUT2D eigenvalue weighted by atomic mass is 32.2. The summed E-state index contributed by atoms with van der Waals surface area (Å²) < 4.78 is 37.8. The van der Waals surface area contributed by atoms with Gasteiger partial charge in [0, 0.05) is 17.6 Å². The molecule has 170 valence electrons. The molecule has 2 aromatic rings. The van der Waals surface area contributed by atoms with Crippen LogP contribution in [-0.2, 0) is 16.3 Å². The number of unbranched alkanes of at least 4 members (excludes halogenated alkanes) is 1. The zero-order valence-corrected chi connectivity index (χ0v) is 19.9. The topological polar surface area (TPSA) is 64.6 Å². The summed E-state index contributed by atoms with van der Waals surface area (Å²) in [6, 6.07) is 13.9. The third-order valence-corrected chi connectivity index (χ3v) is 8.53. The van der Waals surface area contributed by atoms with Gasteiger partial charge in [-0.1, -0.05) is 50.6 Å². The predicted molar refractivity (Wildman–Crippen MR) is 125 cm³/mol. The Morgan fingerprint density at radius 1 is 1.00 bits per heavy atom. The van der Waals surface area contributed by atoms with Crippen molar-refractivity contribution in [3.8, 4) is 11.5 Å². The van der Waals surface area contributed by atoms with Crippen LogP contribution in [0.2, 0.25) is 0 Å². The van der Waals surface area contributed by atoms with Gasteiger partial charge in [-0.25, -0.2) is 8.42 Å². The molecule has 0 saturated carbocycles. The molecule has 0 bridgehead atoms. The van der Waals surface area contributed by atoms with Crippen molar-refractivity contribution in [2.24, 2.45) is 0 Å². The van der Waals surface area contributed by atoms with Gasteiger partial charge in [-0.2, -0.15) is 0 Å². The summed E-state index contributed by atoms with van der Waals surface area (Å²) in [5, 5.41) is 3.75. The second kappa shape index (κ2) is 10.0. The third kappa shape index (κ3) is 5.24. The van der Waals surface area contributed by atoms with Gasteiger partial charge >= 0.3 is 0 Å². The van der Waals surface area contributed by atoms with Gasteiger partial charge in [0.05, 0.1) is 24.9 Å². The first-order valence-electron chi connectivity index (χ1n) is 11.2. The molecule has 1 unspecified atom stereocenters. The number of fused-ring (bicyclic) bond motifs is 1. The highest BCUT2D eigenvalue weighted by Crippen LogP contribution is 2.41. The maximum Gasteiger partial charge on any atom is 0.180 e. The molecule has 1 N–H and O–H groups in total. The quantitative estimate of drug-likeness (QED) is 0.545. The monoisotopic (exact) mass is 445 g/mol. The lowest BCUT2D eigenvalue weighted by Crippen LogP contribution is -2.49. The third-order valence-electron chi connectivity index (χ3n) is 6.58. The summed E-state index contributed by atoms with van der Waals surface area (Å²) in [5.74, 6) is 1.11. The molecule has 0 spiro atoms. The van der Waals surface area contributed by atoms with Gasteiger partial charge < -0.3 is 14.8 Å². The molecule has 5 nitrogen and oxygen atoms in total. The first kappa shape index (κ1) is 23.6. The van der Waals surface area contributed by atoms with Gasteiger partial charge in [0.1, 0.15) is 0 Å². The van der Waals surface area contributed by atoms with Crippen molar-refractivity contribution >= 4 is 9.84 Å². The number of sulfone groups is 1. The summed E-state index contributed by atoms with van der Waals surface area (Å²) in [6.45, 7) is 4.13. The molecule has 3 rings (SSSR count). The lowest BCUT2D eigenvalue weighted by Gasteiger charge is -2.34. The summed E-state index contributed by atoms with van der Waals surface area (Å²) in [4.78, 5) is 0.370. The van der Waals surface area contributed by atoms with Gasteiger partial charge in [0.25, 0.3) is 0 Å². The fourth-order valence-corrected chi connectivity index (χ4v) is 6.78. The molecule has 0 radical (unpaired) electrons. The Hall–Kier alpha value is -2.05. The number of methoxy groups -OCH3 is 2. The number of nitrogens with one attached hydrogen (secondary N) is 1. The molecule has 1 aliphatic rings. The van der Waals surface area contributed by atoms with Crippen LogP contribution in [0.4, 0.5) is 0 Å². The van der Waals surface area contributed by atoms with E-state index < -0.39 is 15.4 Å². The van der Waals surface area contributed by atoms with Crippen molar-refractivity contribution < 1.29 is 17.9 Å². The fourth-order valence-electron chi connectivity index (χ4n) is 4.56. The Kier molecular flexibility index (Phi) is 7.65. The second-order valence-electron chi connectivity index (χ2n) is 8.42. The van der Waals surface area contributed by atoms with Crippen molar-refractivity contribution in [3.63, 3.8) is 0 Å². The van der Waals surface area contributed by atoms with E-state index in [9.17, 15) is 8.42 Å². The molecule has 31 heavy (non-hydrogen) atoms. The average molecular weight is 446 g/mol. The highest BCUT2D eigenvalue weighted by Gasteiger charge is 2.41. The van der Waals surface area contributed by atoms with Crippen molar-refractivity contribution in [2.75, 3.05) is 20.0 Å². The number of benzene rings is 2. The van der Waals surface area contributed by atoms with Crippen molar-refractivity contribution in [1.82, 2.24) is 5.32 Å². The SMILES string of the molecule is CCC1(CC)CS(=O)(=O)c2cc(OC)c(OC)cc2C(CCCCc2ccccc2)N1. The first-order chi connectivity index (χ1) is 14.9. The Bertz CT molecular complexity index is 969. The van der Waals surface area contributed by atoms with Crippen LogP contribution >= 0.6 is 0 Å². The van der Waals surface area contributed by atoms with Crippen LogP contribution in [0.15, 0.2) is 47.4 Å². The average Bonchev–Trinajstić information content (AvgIpc) is 2.88. The van der Waals surface area contributed by atoms with Crippen molar-refractivity contribution in [2.45, 2.75) is 68.8 Å². The molecule has 1 heterocycles. The van der Waals surface area contributed by atoms with Crippen LogP contribution in [0.5, 0.6) is 11.5 Å². The predicted octanol–water partition coefficient (Wildman–Crippen LogP) is 5.09. The van der Waals surface area contributed by atoms with Crippen LogP contribution in [0.25, 0.3) is 0 Å². The van der Waals surface area contributed by atoms with Gasteiger partial charge in [-0.05, 0) is 49.3 Å². The zero-order valence-electron chi connectivity index (χ0n) is 19.1. The van der Waals surface area contributed by atoms with Gasteiger partial charge in [-0.15, -0.1) is 0 Å². The fraction of sp³-hybridized carbons (Fsp3) is 0.520. The zero-order chi connectivity index (χ0) is 22.5. The molecular weight excluding hydrogens is 410 g/mol. The van der Waals surface area contributed by atoms with Crippen LogP contribution < -0.4 is 14.8 Å². The lowest BCUT2D eigenvalue weighted by molar-refractivity contribution is 0.283. The standard InChI is InChI=1S/C25H35NO4S/c1-5-25(6-2)18-31(27,28)24-17-23(30-4)22(29-3)16-20(24)21(26-25)15-11-10-14-19-12-8-7-9-13-19/h7-9,12-13,16-17,21,26H,5-6,10-11,14-15,18H2,1-4H3. The molecule has 0 amide bonds. The summed E-state index contributed by atoms with van der Waals surface area (Å²) in [6.07, 6.45) is 5.47. The summed E-state index contributed by atoms with van der Waals surface area (Å²) >= 11 is 0. The second-order valence-corrected chi connectivity index (χ2v) is 10.4. The molecule has 1 aliphatic heterocycles. The van der Waals surface area contributed by atoms with E-state index in [1.807, 2.05) is 12.1 Å². The summed E-state index contributed by atoms with van der Waals surface area (Å²) in [7, 11) is -0.352. The van der Waals surface area contributed by atoms with E-state index in [1.165, 1.54) is 12.7 Å². The van der Waals surface area contributed by atoms with Gasteiger partial charge in [-0.3, -0.25) is 0 Å². The molecule has 6 heteroatoms. The Morgan fingerprint density at radius 2 is 1.65 bits per heavy atom. The van der Waals surface area contributed by atoms with Crippen LogP contribution in [-0.4, -0.2) is 33.9 Å². The van der Waals surface area contributed by atoms with E-state index >= 15 is 0 Å². The molecule has 0 fully saturated rings. The van der Waals surface area contributed by atoms with Crippen molar-refractivity contribution in [3.05, 3.63) is 53.6 Å². The Morgan fingerprint density at radius 3 is 2.26 bits per heavy atom. The van der Waals surface area contributed by atoms with E-state index in [2.05, 4.69) is 43.4 Å². The lowest BCUT2D eigenvalue weighted by atomic mass is 9.90. The van der Waals surface area contributed by atoms with Gasteiger partial charge in [0.2, 0.25) is 0 Å². The van der Waals surface area contributed by atoms with E-state index in [0.29, 0.717) is 16.4 Å². The number of ether oxygens (including phenoxy) is 2. The normalized spacial score (nSPS) is 19.3. The van der Waals surface area contributed by atoms with Crippen molar-refractivity contribution in [1.29, 1.82) is 0 Å².